The molecule has 1 atom stereocenters. The van der Waals surface area contributed by atoms with Crippen LogP contribution in [-0.4, -0.2) is 37.2 Å². The summed E-state index contributed by atoms with van der Waals surface area (Å²) < 4.78 is 16.8. The van der Waals surface area contributed by atoms with Crippen molar-refractivity contribution in [2.75, 3.05) is 13.2 Å². The molecule has 0 saturated carbocycles. The van der Waals surface area contributed by atoms with Crippen molar-refractivity contribution in [3.8, 4) is 0 Å². The largest absolute Gasteiger partial charge is 0.462 e. The summed E-state index contributed by atoms with van der Waals surface area (Å²) in [6, 6.07) is 0. The van der Waals surface area contributed by atoms with E-state index in [9.17, 15) is 14.4 Å². The van der Waals surface area contributed by atoms with E-state index in [4.69, 9.17) is 14.2 Å². The van der Waals surface area contributed by atoms with E-state index in [0.29, 0.717) is 12.8 Å². The van der Waals surface area contributed by atoms with Crippen LogP contribution in [0.1, 0.15) is 239 Å². The van der Waals surface area contributed by atoms with Crippen molar-refractivity contribution >= 4 is 17.9 Å². The van der Waals surface area contributed by atoms with Gasteiger partial charge in [0.05, 0.1) is 0 Å². The van der Waals surface area contributed by atoms with E-state index in [-0.39, 0.29) is 44.0 Å². The SMILES string of the molecule is CC/C=C\C/C=C\C/C=C\CCCCCCCC(=O)O[C@@H](COC(=O)CCC/C=C\C/C=C\C/C=C\CCCCCCCC)COC(=O)CCCCCC/C=C\C/C=C\C/C=C\CCCCC. The van der Waals surface area contributed by atoms with E-state index in [2.05, 4.69) is 130 Å². The lowest BCUT2D eigenvalue weighted by molar-refractivity contribution is -0.167. The van der Waals surface area contributed by atoms with Gasteiger partial charge in [0.1, 0.15) is 13.2 Å². The number of unbranched alkanes of at least 4 members (excludes halogenated alkanes) is 19. The molecule has 380 valence electrons. The second-order valence-electron chi connectivity index (χ2n) is 17.7. The number of ether oxygens (including phenoxy) is 3. The lowest BCUT2D eigenvalue weighted by Crippen LogP contribution is -2.30. The second kappa shape index (κ2) is 54.7. The topological polar surface area (TPSA) is 78.9 Å². The maximum atomic E-state index is 12.8. The zero-order valence-electron chi connectivity index (χ0n) is 43.4. The zero-order valence-corrected chi connectivity index (χ0v) is 43.4. The Morgan fingerprint density at radius 1 is 0.313 bits per heavy atom. The minimum absolute atomic E-state index is 0.114. The van der Waals surface area contributed by atoms with Crippen LogP contribution < -0.4 is 0 Å². The number of allylic oxidation sites excluding steroid dienone is 18. The average molecular weight is 929 g/mol. The maximum absolute atomic E-state index is 12.8. The van der Waals surface area contributed by atoms with Crippen LogP contribution in [0.3, 0.4) is 0 Å². The lowest BCUT2D eigenvalue weighted by Gasteiger charge is -2.18. The van der Waals surface area contributed by atoms with Crippen molar-refractivity contribution in [3.05, 3.63) is 109 Å². The van der Waals surface area contributed by atoms with Crippen molar-refractivity contribution in [2.24, 2.45) is 0 Å². The standard InChI is InChI=1S/C61H100O6/c1-4-7-10-13-16-19-22-25-28-30-33-35-38-41-44-47-50-53-59(62)65-56-58(67-61(64)55-52-49-46-43-40-37-32-27-24-21-18-15-12-9-6-3)57-66-60(63)54-51-48-45-42-39-36-34-31-29-26-23-20-17-14-11-8-5-2/h9,12,16,18-19,21,25-29,32-36,42,45,58H,4-8,10-11,13-15,17,20,22-24,30-31,37-41,43-44,46-57H2,1-3H3/b12-9-,19-16-,21-18-,28-25-,29-26-,32-27-,35-33-,36-34-,45-42-/t58-/m1/s1. The molecule has 6 heteroatoms. The van der Waals surface area contributed by atoms with Crippen molar-refractivity contribution in [1.29, 1.82) is 0 Å². The molecule has 6 nitrogen and oxygen atoms in total. The van der Waals surface area contributed by atoms with Gasteiger partial charge in [-0.2, -0.15) is 0 Å². The first-order valence-electron chi connectivity index (χ1n) is 27.4. The monoisotopic (exact) mass is 929 g/mol. The number of esters is 3. The third-order valence-corrected chi connectivity index (χ3v) is 11.2. The Morgan fingerprint density at radius 2 is 0.597 bits per heavy atom. The molecule has 0 aromatic carbocycles. The molecule has 0 fully saturated rings. The lowest BCUT2D eigenvalue weighted by atomic mass is 10.1. The Kier molecular flexibility index (Phi) is 51.5. The third-order valence-electron chi connectivity index (χ3n) is 11.2. The molecule has 0 aliphatic carbocycles. The molecular weight excluding hydrogens is 829 g/mol. The maximum Gasteiger partial charge on any atom is 0.306 e. The van der Waals surface area contributed by atoms with E-state index in [1.807, 2.05) is 0 Å². The Bertz CT molecular complexity index is 1390. The Balaban J connectivity index is 4.54. The molecule has 0 aromatic heterocycles. The van der Waals surface area contributed by atoms with Gasteiger partial charge in [-0.1, -0.05) is 207 Å². The van der Waals surface area contributed by atoms with Gasteiger partial charge in [0, 0.05) is 19.3 Å². The predicted octanol–water partition coefficient (Wildman–Crippen LogP) is 18.3. The minimum atomic E-state index is -0.819. The van der Waals surface area contributed by atoms with Crippen LogP contribution in [-0.2, 0) is 28.6 Å². The van der Waals surface area contributed by atoms with Gasteiger partial charge in [0.15, 0.2) is 6.10 Å². The Labute approximate surface area is 412 Å². The molecule has 0 aliphatic rings. The number of carbonyl (C=O) groups is 3. The smallest absolute Gasteiger partial charge is 0.306 e. The zero-order chi connectivity index (χ0) is 48.6. The summed E-state index contributed by atoms with van der Waals surface area (Å²) >= 11 is 0. The molecule has 0 rings (SSSR count). The highest BCUT2D eigenvalue weighted by molar-refractivity contribution is 5.71. The van der Waals surface area contributed by atoms with Crippen LogP contribution in [0.5, 0.6) is 0 Å². The van der Waals surface area contributed by atoms with Gasteiger partial charge in [0.25, 0.3) is 0 Å². The van der Waals surface area contributed by atoms with Crippen LogP contribution in [0.25, 0.3) is 0 Å². The summed E-state index contributed by atoms with van der Waals surface area (Å²) in [5, 5.41) is 0. The minimum Gasteiger partial charge on any atom is -0.462 e. The normalized spacial score (nSPS) is 12.9. The molecule has 0 radical (unpaired) electrons. The summed E-state index contributed by atoms with van der Waals surface area (Å²) in [6.45, 7) is 6.41. The number of hydrogen-bond donors (Lipinski definition) is 0. The van der Waals surface area contributed by atoms with Crippen LogP contribution in [0.15, 0.2) is 109 Å². The number of carbonyl (C=O) groups excluding carboxylic acids is 3. The molecule has 0 heterocycles. The summed E-state index contributed by atoms with van der Waals surface area (Å²) in [5.74, 6) is -1.01. The van der Waals surface area contributed by atoms with Gasteiger partial charge in [-0.25, -0.2) is 0 Å². The highest BCUT2D eigenvalue weighted by Gasteiger charge is 2.19. The third kappa shape index (κ3) is 52.9. The average Bonchev–Trinajstić information content (AvgIpc) is 3.33. The highest BCUT2D eigenvalue weighted by Crippen LogP contribution is 2.12. The summed E-state index contributed by atoms with van der Waals surface area (Å²) in [7, 11) is 0. The fourth-order valence-electron chi connectivity index (χ4n) is 7.13. The molecule has 0 aliphatic heterocycles. The number of rotatable bonds is 48. The quantitative estimate of drug-likeness (QED) is 0.0262. The van der Waals surface area contributed by atoms with Crippen LogP contribution in [0.4, 0.5) is 0 Å². The summed E-state index contributed by atoms with van der Waals surface area (Å²) in [5.41, 5.74) is 0. The van der Waals surface area contributed by atoms with Crippen molar-refractivity contribution in [3.63, 3.8) is 0 Å². The molecule has 0 spiro atoms. The van der Waals surface area contributed by atoms with Gasteiger partial charge in [-0.3, -0.25) is 14.4 Å². The van der Waals surface area contributed by atoms with Gasteiger partial charge in [-0.15, -0.1) is 0 Å². The molecule has 67 heavy (non-hydrogen) atoms. The van der Waals surface area contributed by atoms with E-state index >= 15 is 0 Å². The summed E-state index contributed by atoms with van der Waals surface area (Å²) in [4.78, 5) is 38.1. The second-order valence-corrected chi connectivity index (χ2v) is 17.7. The fourth-order valence-corrected chi connectivity index (χ4v) is 7.13. The van der Waals surface area contributed by atoms with E-state index in [1.165, 1.54) is 70.6 Å². The number of hydrogen-bond acceptors (Lipinski definition) is 6. The molecule has 0 N–H and O–H groups in total. The van der Waals surface area contributed by atoms with Gasteiger partial charge in [-0.05, 0) is 122 Å². The highest BCUT2D eigenvalue weighted by atomic mass is 16.6. The molecule has 0 saturated heterocycles. The predicted molar refractivity (Wildman–Crippen MR) is 288 cm³/mol. The molecular formula is C61H100O6. The molecule has 0 unspecified atom stereocenters. The Morgan fingerprint density at radius 3 is 1.00 bits per heavy atom. The fraction of sp³-hybridized carbons (Fsp3) is 0.656. The van der Waals surface area contributed by atoms with E-state index in [0.717, 1.165) is 122 Å². The van der Waals surface area contributed by atoms with Crippen LogP contribution in [0.2, 0.25) is 0 Å². The molecule has 0 aromatic rings. The van der Waals surface area contributed by atoms with E-state index in [1.54, 1.807) is 0 Å². The Hall–Kier alpha value is -3.93. The van der Waals surface area contributed by atoms with Gasteiger partial charge in [0.2, 0.25) is 0 Å². The first-order chi connectivity index (χ1) is 33.0. The van der Waals surface area contributed by atoms with Crippen molar-refractivity contribution in [1.82, 2.24) is 0 Å². The first-order valence-corrected chi connectivity index (χ1v) is 27.4. The van der Waals surface area contributed by atoms with Crippen molar-refractivity contribution in [2.45, 2.75) is 245 Å². The molecule has 0 amide bonds. The molecule has 0 bridgehead atoms. The van der Waals surface area contributed by atoms with Gasteiger partial charge >= 0.3 is 17.9 Å². The van der Waals surface area contributed by atoms with Crippen LogP contribution in [0, 0.1) is 0 Å². The van der Waals surface area contributed by atoms with E-state index < -0.39 is 6.10 Å². The first kappa shape index (κ1) is 63.1. The summed E-state index contributed by atoms with van der Waals surface area (Å²) in [6.07, 6.45) is 73.6. The van der Waals surface area contributed by atoms with Gasteiger partial charge < -0.3 is 14.2 Å². The van der Waals surface area contributed by atoms with Crippen molar-refractivity contribution < 1.29 is 28.6 Å². The van der Waals surface area contributed by atoms with Crippen LogP contribution >= 0.6 is 0 Å².